The molecule has 0 aliphatic carbocycles. The zero-order chi connectivity index (χ0) is 21.7. The van der Waals surface area contributed by atoms with Crippen molar-refractivity contribution in [1.82, 2.24) is 20.3 Å². The fraction of sp³-hybridized carbons (Fsp3) is 0.474. The number of aromatic nitrogens is 3. The van der Waals surface area contributed by atoms with Crippen molar-refractivity contribution in [1.29, 1.82) is 5.26 Å². The first kappa shape index (κ1) is 21.7. The lowest BCUT2D eigenvalue weighted by atomic mass is 10.0. The molecule has 2 N–H and O–H groups in total. The molecule has 1 aliphatic rings. The number of nitrogens with zero attached hydrogens (tertiary/aromatic N) is 5. The van der Waals surface area contributed by atoms with Gasteiger partial charge in [0.1, 0.15) is 11.9 Å². The SMILES string of the molecule is CC1CNCCOC1CNc1cc(N(C)c2cnc(C#N)cn2)ncc1C(F)(F)F. The maximum absolute atomic E-state index is 13.5. The summed E-state index contributed by atoms with van der Waals surface area (Å²) >= 11 is 0. The first-order valence-corrected chi connectivity index (χ1v) is 9.39. The quantitative estimate of drug-likeness (QED) is 0.760. The first-order valence-electron chi connectivity index (χ1n) is 9.39. The largest absolute Gasteiger partial charge is 0.419 e. The molecular formula is C19H22F3N7O. The van der Waals surface area contributed by atoms with Crippen LogP contribution in [0.15, 0.2) is 24.7 Å². The van der Waals surface area contributed by atoms with Crippen LogP contribution in [0.1, 0.15) is 18.2 Å². The van der Waals surface area contributed by atoms with E-state index in [0.717, 1.165) is 12.7 Å². The molecule has 8 nitrogen and oxygen atoms in total. The van der Waals surface area contributed by atoms with E-state index in [1.54, 1.807) is 7.05 Å². The number of pyridine rings is 1. The smallest absolute Gasteiger partial charge is 0.382 e. The lowest BCUT2D eigenvalue weighted by Gasteiger charge is -2.24. The van der Waals surface area contributed by atoms with Crippen LogP contribution in [0.2, 0.25) is 0 Å². The van der Waals surface area contributed by atoms with Crippen molar-refractivity contribution >= 4 is 17.3 Å². The summed E-state index contributed by atoms with van der Waals surface area (Å²) in [5, 5.41) is 14.9. The number of alkyl halides is 3. The number of ether oxygens (including phenoxy) is 1. The number of hydrogen-bond acceptors (Lipinski definition) is 8. The van der Waals surface area contributed by atoms with Gasteiger partial charge in [-0.05, 0) is 5.92 Å². The number of hydrogen-bond donors (Lipinski definition) is 2. The number of anilines is 3. The average Bonchev–Trinajstić information content (AvgIpc) is 2.94. The first-order chi connectivity index (χ1) is 14.3. The summed E-state index contributed by atoms with van der Waals surface area (Å²) in [5.41, 5.74) is -0.805. The summed E-state index contributed by atoms with van der Waals surface area (Å²) in [4.78, 5) is 13.5. The second-order valence-electron chi connectivity index (χ2n) is 6.99. The molecule has 3 heterocycles. The highest BCUT2D eigenvalue weighted by atomic mass is 19.4. The molecule has 1 fully saturated rings. The molecular weight excluding hydrogens is 399 g/mol. The Morgan fingerprint density at radius 2 is 2.03 bits per heavy atom. The molecule has 2 atom stereocenters. The molecule has 1 saturated heterocycles. The van der Waals surface area contributed by atoms with E-state index < -0.39 is 11.7 Å². The molecule has 2 aromatic heterocycles. The maximum Gasteiger partial charge on any atom is 0.419 e. The second-order valence-corrected chi connectivity index (χ2v) is 6.99. The van der Waals surface area contributed by atoms with Gasteiger partial charge in [0.2, 0.25) is 0 Å². The Balaban J connectivity index is 1.85. The van der Waals surface area contributed by atoms with E-state index in [4.69, 9.17) is 10.00 Å². The Kier molecular flexibility index (Phi) is 6.69. The van der Waals surface area contributed by atoms with Gasteiger partial charge in [-0.2, -0.15) is 18.4 Å². The van der Waals surface area contributed by atoms with Gasteiger partial charge in [-0.15, -0.1) is 0 Å². The van der Waals surface area contributed by atoms with Gasteiger partial charge in [0.25, 0.3) is 0 Å². The van der Waals surface area contributed by atoms with Crippen LogP contribution >= 0.6 is 0 Å². The summed E-state index contributed by atoms with van der Waals surface area (Å²) < 4.78 is 46.3. The normalized spacial score (nSPS) is 19.6. The molecule has 0 spiro atoms. The number of nitrogens with one attached hydrogen (secondary N) is 2. The number of nitriles is 1. The van der Waals surface area contributed by atoms with E-state index in [2.05, 4.69) is 25.6 Å². The molecule has 0 saturated carbocycles. The van der Waals surface area contributed by atoms with E-state index in [-0.39, 0.29) is 35.8 Å². The molecule has 2 aromatic rings. The van der Waals surface area contributed by atoms with Crippen molar-refractivity contribution in [3.05, 3.63) is 35.9 Å². The summed E-state index contributed by atoms with van der Waals surface area (Å²) in [6.07, 6.45) is -1.34. The third kappa shape index (κ3) is 5.14. The molecule has 0 bridgehead atoms. The van der Waals surface area contributed by atoms with Gasteiger partial charge >= 0.3 is 6.18 Å². The predicted molar refractivity (Wildman–Crippen MR) is 104 cm³/mol. The highest BCUT2D eigenvalue weighted by Gasteiger charge is 2.35. The van der Waals surface area contributed by atoms with Crippen molar-refractivity contribution in [2.24, 2.45) is 5.92 Å². The highest BCUT2D eigenvalue weighted by Crippen LogP contribution is 2.36. The van der Waals surface area contributed by atoms with Crippen LogP contribution in [-0.4, -0.2) is 54.3 Å². The third-order valence-corrected chi connectivity index (χ3v) is 4.84. The van der Waals surface area contributed by atoms with Crippen LogP contribution in [0.5, 0.6) is 0 Å². The zero-order valence-electron chi connectivity index (χ0n) is 16.6. The van der Waals surface area contributed by atoms with Crippen LogP contribution in [0.4, 0.5) is 30.5 Å². The van der Waals surface area contributed by atoms with Gasteiger partial charge in [-0.25, -0.2) is 15.0 Å². The minimum absolute atomic E-state index is 0.0889. The molecule has 2 unspecified atom stereocenters. The third-order valence-electron chi connectivity index (χ3n) is 4.84. The minimum atomic E-state index is -4.56. The fourth-order valence-electron chi connectivity index (χ4n) is 3.05. The van der Waals surface area contributed by atoms with Gasteiger partial charge < -0.3 is 20.3 Å². The molecule has 0 amide bonds. The van der Waals surface area contributed by atoms with Crippen molar-refractivity contribution in [3.8, 4) is 6.07 Å². The van der Waals surface area contributed by atoms with Crippen LogP contribution in [0.3, 0.4) is 0 Å². The molecule has 11 heteroatoms. The standard InChI is InChI=1S/C19H22F3N7O/c1-12-7-24-3-4-30-16(12)10-26-15-5-17(28-9-14(15)19(20,21)22)29(2)18-11-25-13(6-23)8-27-18/h5,8-9,11-12,16,24H,3-4,7,10H2,1-2H3,(H,26,28). The monoisotopic (exact) mass is 421 g/mol. The van der Waals surface area contributed by atoms with E-state index in [1.807, 2.05) is 13.0 Å². The fourth-order valence-corrected chi connectivity index (χ4v) is 3.05. The maximum atomic E-state index is 13.5. The van der Waals surface area contributed by atoms with Gasteiger partial charge in [-0.1, -0.05) is 6.92 Å². The van der Waals surface area contributed by atoms with Crippen molar-refractivity contribution in [2.75, 3.05) is 43.5 Å². The van der Waals surface area contributed by atoms with E-state index in [9.17, 15) is 13.2 Å². The van der Waals surface area contributed by atoms with Crippen LogP contribution in [0, 0.1) is 17.2 Å². The van der Waals surface area contributed by atoms with Gasteiger partial charge in [0.15, 0.2) is 11.5 Å². The van der Waals surface area contributed by atoms with Gasteiger partial charge in [0.05, 0.1) is 36.4 Å². The molecule has 30 heavy (non-hydrogen) atoms. The van der Waals surface area contributed by atoms with E-state index in [1.165, 1.54) is 23.4 Å². The average molecular weight is 421 g/mol. The van der Waals surface area contributed by atoms with Crippen molar-refractivity contribution in [3.63, 3.8) is 0 Å². The van der Waals surface area contributed by atoms with E-state index in [0.29, 0.717) is 19.0 Å². The summed E-state index contributed by atoms with van der Waals surface area (Å²) in [6.45, 7) is 4.18. The summed E-state index contributed by atoms with van der Waals surface area (Å²) in [5.74, 6) is 0.743. The van der Waals surface area contributed by atoms with Crippen LogP contribution in [-0.2, 0) is 10.9 Å². The Bertz CT molecular complexity index is 898. The Morgan fingerprint density at radius 1 is 1.27 bits per heavy atom. The van der Waals surface area contributed by atoms with Gasteiger partial charge in [0, 0.05) is 38.9 Å². The Hall–Kier alpha value is -2.97. The predicted octanol–water partition coefficient (Wildman–Crippen LogP) is 2.57. The zero-order valence-corrected chi connectivity index (χ0v) is 16.6. The second kappa shape index (κ2) is 9.23. The topological polar surface area (TPSA) is 99.0 Å². The number of halogens is 3. The lowest BCUT2D eigenvalue weighted by Crippen LogP contribution is -2.32. The molecule has 0 aromatic carbocycles. The lowest BCUT2D eigenvalue weighted by molar-refractivity contribution is -0.137. The molecule has 1 aliphatic heterocycles. The van der Waals surface area contributed by atoms with Crippen molar-refractivity contribution < 1.29 is 17.9 Å². The Labute approximate surface area is 172 Å². The summed E-state index contributed by atoms with van der Waals surface area (Å²) in [6, 6.07) is 3.18. The molecule has 0 radical (unpaired) electrons. The number of rotatable bonds is 5. The summed E-state index contributed by atoms with van der Waals surface area (Å²) in [7, 11) is 1.61. The van der Waals surface area contributed by atoms with Crippen molar-refractivity contribution in [2.45, 2.75) is 19.2 Å². The molecule has 3 rings (SSSR count). The highest BCUT2D eigenvalue weighted by molar-refractivity contribution is 5.63. The molecule has 160 valence electrons. The van der Waals surface area contributed by atoms with Crippen LogP contribution < -0.4 is 15.5 Å². The van der Waals surface area contributed by atoms with Gasteiger partial charge in [-0.3, -0.25) is 0 Å². The Morgan fingerprint density at radius 3 is 2.70 bits per heavy atom. The van der Waals surface area contributed by atoms with Crippen LogP contribution in [0.25, 0.3) is 0 Å². The minimum Gasteiger partial charge on any atom is -0.382 e. The van der Waals surface area contributed by atoms with E-state index >= 15 is 0 Å².